The summed E-state index contributed by atoms with van der Waals surface area (Å²) in [5, 5.41) is 4.28. The third-order valence-electron chi connectivity index (χ3n) is 1.99. The van der Waals surface area contributed by atoms with E-state index in [2.05, 4.69) is 10.6 Å². The van der Waals surface area contributed by atoms with Crippen LogP contribution in [-0.4, -0.2) is 29.0 Å². The quantitative estimate of drug-likeness (QED) is 0.774. The van der Waals surface area contributed by atoms with Crippen LogP contribution in [0.2, 0.25) is 0 Å². The maximum absolute atomic E-state index is 11.4. The topological polar surface area (TPSA) is 76.7 Å². The van der Waals surface area contributed by atoms with E-state index in [4.69, 9.17) is 21.7 Å². The number of hydrogen-bond donors (Lipinski definition) is 2. The molecule has 0 aromatic heterocycles. The second-order valence-electron chi connectivity index (χ2n) is 4.54. The van der Waals surface area contributed by atoms with Crippen molar-refractivity contribution in [2.45, 2.75) is 52.7 Å². The van der Waals surface area contributed by atoms with Crippen LogP contribution in [0.3, 0.4) is 0 Å². The molecule has 104 valence electrons. The van der Waals surface area contributed by atoms with Crippen LogP contribution in [0, 0.1) is 0 Å². The number of rotatable bonds is 3. The molecule has 0 saturated heterocycles. The SMILES string of the molecule is CCC(C)(C)OC(=O)NC(=S)NC(=O)OC(C)C. The van der Waals surface area contributed by atoms with E-state index in [0.717, 1.165) is 0 Å². The van der Waals surface area contributed by atoms with Crippen molar-refractivity contribution in [2.75, 3.05) is 0 Å². The Morgan fingerprint density at radius 1 is 1.22 bits per heavy atom. The number of hydrogen-bond acceptors (Lipinski definition) is 5. The van der Waals surface area contributed by atoms with Gasteiger partial charge in [-0.05, 0) is 46.3 Å². The van der Waals surface area contributed by atoms with Crippen LogP contribution in [0.25, 0.3) is 0 Å². The lowest BCUT2D eigenvalue weighted by Gasteiger charge is -2.23. The van der Waals surface area contributed by atoms with E-state index in [1.54, 1.807) is 27.7 Å². The van der Waals surface area contributed by atoms with Crippen LogP contribution >= 0.6 is 12.2 Å². The number of ether oxygens (including phenoxy) is 2. The molecule has 0 aliphatic carbocycles. The molecule has 7 heteroatoms. The van der Waals surface area contributed by atoms with E-state index < -0.39 is 17.8 Å². The molecule has 0 radical (unpaired) electrons. The first-order valence-electron chi connectivity index (χ1n) is 5.68. The average Bonchev–Trinajstić information content (AvgIpc) is 2.14. The summed E-state index contributed by atoms with van der Waals surface area (Å²) in [7, 11) is 0. The van der Waals surface area contributed by atoms with Crippen LogP contribution < -0.4 is 10.6 Å². The standard InChI is InChI=1S/C11H20N2O4S/c1-6-11(4,5)17-10(15)13-8(18)12-9(14)16-7(2)3/h7H,6H2,1-5H3,(H2,12,13,14,15,18). The first-order chi connectivity index (χ1) is 8.16. The molecule has 0 aromatic carbocycles. The molecule has 6 nitrogen and oxygen atoms in total. The molecule has 0 unspecified atom stereocenters. The van der Waals surface area contributed by atoms with Gasteiger partial charge in [-0.15, -0.1) is 0 Å². The van der Waals surface area contributed by atoms with Gasteiger partial charge in [0.05, 0.1) is 6.10 Å². The predicted octanol–water partition coefficient (Wildman–Crippen LogP) is 2.32. The van der Waals surface area contributed by atoms with Gasteiger partial charge in [-0.2, -0.15) is 0 Å². The molecule has 0 fully saturated rings. The van der Waals surface area contributed by atoms with Crippen LogP contribution in [0.15, 0.2) is 0 Å². The Hall–Kier alpha value is -1.37. The molecule has 18 heavy (non-hydrogen) atoms. The van der Waals surface area contributed by atoms with Gasteiger partial charge in [0, 0.05) is 0 Å². The van der Waals surface area contributed by atoms with Gasteiger partial charge in [0.2, 0.25) is 0 Å². The first-order valence-corrected chi connectivity index (χ1v) is 6.08. The Morgan fingerprint density at radius 3 is 2.17 bits per heavy atom. The number of thiocarbonyl (C=S) groups is 1. The van der Waals surface area contributed by atoms with Crippen molar-refractivity contribution in [2.24, 2.45) is 0 Å². The highest BCUT2D eigenvalue weighted by molar-refractivity contribution is 7.80. The predicted molar refractivity (Wildman–Crippen MR) is 71.3 cm³/mol. The number of alkyl carbamates (subject to hydrolysis) is 2. The van der Waals surface area contributed by atoms with Crippen molar-refractivity contribution in [3.63, 3.8) is 0 Å². The molecular weight excluding hydrogens is 256 g/mol. The lowest BCUT2D eigenvalue weighted by atomic mass is 10.1. The molecule has 0 aromatic rings. The maximum atomic E-state index is 11.4. The lowest BCUT2D eigenvalue weighted by molar-refractivity contribution is 0.0395. The highest BCUT2D eigenvalue weighted by atomic mass is 32.1. The molecular formula is C11H20N2O4S. The van der Waals surface area contributed by atoms with Crippen molar-refractivity contribution < 1.29 is 19.1 Å². The molecule has 0 spiro atoms. The van der Waals surface area contributed by atoms with E-state index in [9.17, 15) is 9.59 Å². The zero-order valence-corrected chi connectivity index (χ0v) is 12.1. The number of carbonyl (C=O) groups is 2. The largest absolute Gasteiger partial charge is 0.447 e. The minimum absolute atomic E-state index is 0.155. The molecule has 0 rings (SSSR count). The van der Waals surface area contributed by atoms with Gasteiger partial charge in [-0.3, -0.25) is 10.6 Å². The third-order valence-corrected chi connectivity index (χ3v) is 2.20. The highest BCUT2D eigenvalue weighted by Crippen LogP contribution is 2.13. The minimum atomic E-state index is -0.718. The van der Waals surface area contributed by atoms with Crippen LogP contribution in [0.5, 0.6) is 0 Å². The zero-order valence-electron chi connectivity index (χ0n) is 11.3. The molecule has 0 bridgehead atoms. The summed E-state index contributed by atoms with van der Waals surface area (Å²) in [5.74, 6) is 0. The van der Waals surface area contributed by atoms with Crippen molar-refractivity contribution in [1.82, 2.24) is 10.6 Å². The summed E-state index contributed by atoms with van der Waals surface area (Å²) >= 11 is 4.76. The van der Waals surface area contributed by atoms with Crippen LogP contribution in [0.1, 0.15) is 41.0 Å². The number of nitrogens with one attached hydrogen (secondary N) is 2. The monoisotopic (exact) mass is 276 g/mol. The Kier molecular flexibility index (Phi) is 6.61. The van der Waals surface area contributed by atoms with E-state index in [0.29, 0.717) is 6.42 Å². The van der Waals surface area contributed by atoms with Crippen molar-refractivity contribution in [3.05, 3.63) is 0 Å². The second-order valence-corrected chi connectivity index (χ2v) is 4.94. The maximum Gasteiger partial charge on any atom is 0.413 e. The van der Waals surface area contributed by atoms with Gasteiger partial charge in [0.1, 0.15) is 5.60 Å². The Morgan fingerprint density at radius 2 is 1.72 bits per heavy atom. The zero-order chi connectivity index (χ0) is 14.3. The van der Waals surface area contributed by atoms with Crippen molar-refractivity contribution in [3.8, 4) is 0 Å². The number of amides is 2. The molecule has 0 aliphatic rings. The molecule has 0 heterocycles. The summed E-state index contributed by atoms with van der Waals surface area (Å²) in [6.07, 6.45) is -1.03. The van der Waals surface area contributed by atoms with Crippen molar-refractivity contribution in [1.29, 1.82) is 0 Å². The lowest BCUT2D eigenvalue weighted by Crippen LogP contribution is -2.45. The fourth-order valence-electron chi connectivity index (χ4n) is 0.809. The first kappa shape index (κ1) is 16.6. The van der Waals surface area contributed by atoms with E-state index >= 15 is 0 Å². The summed E-state index contributed by atoms with van der Waals surface area (Å²) in [6.45, 7) is 8.85. The van der Waals surface area contributed by atoms with E-state index in [1.807, 2.05) is 6.92 Å². The molecule has 2 N–H and O–H groups in total. The second kappa shape index (κ2) is 7.15. The minimum Gasteiger partial charge on any atom is -0.447 e. The van der Waals surface area contributed by atoms with Gasteiger partial charge >= 0.3 is 12.2 Å². The molecule has 0 saturated carbocycles. The Balaban J connectivity index is 4.09. The summed E-state index contributed by atoms with van der Waals surface area (Å²) in [4.78, 5) is 22.6. The summed E-state index contributed by atoms with van der Waals surface area (Å²) in [5.41, 5.74) is -0.585. The Bertz CT molecular complexity index is 329. The van der Waals surface area contributed by atoms with Gasteiger partial charge in [-0.25, -0.2) is 9.59 Å². The smallest absolute Gasteiger partial charge is 0.413 e. The van der Waals surface area contributed by atoms with Gasteiger partial charge in [-0.1, -0.05) is 6.92 Å². The summed E-state index contributed by atoms with van der Waals surface area (Å²) < 4.78 is 9.89. The summed E-state index contributed by atoms with van der Waals surface area (Å²) in [6, 6.07) is 0. The normalized spacial score (nSPS) is 10.8. The van der Waals surface area contributed by atoms with Crippen LogP contribution in [0.4, 0.5) is 9.59 Å². The van der Waals surface area contributed by atoms with Crippen molar-refractivity contribution >= 4 is 29.5 Å². The highest BCUT2D eigenvalue weighted by Gasteiger charge is 2.21. The molecule has 0 atom stereocenters. The fourth-order valence-corrected chi connectivity index (χ4v) is 0.975. The van der Waals surface area contributed by atoms with Gasteiger partial charge in [0.25, 0.3) is 0 Å². The van der Waals surface area contributed by atoms with E-state index in [-0.39, 0.29) is 11.2 Å². The number of carbonyl (C=O) groups excluding carboxylic acids is 2. The average molecular weight is 276 g/mol. The van der Waals surface area contributed by atoms with Gasteiger partial charge < -0.3 is 9.47 Å². The van der Waals surface area contributed by atoms with Crippen LogP contribution in [-0.2, 0) is 9.47 Å². The molecule has 0 aliphatic heterocycles. The third kappa shape index (κ3) is 7.83. The fraction of sp³-hybridized carbons (Fsp3) is 0.727. The Labute approximate surface area is 112 Å². The molecule has 2 amide bonds. The van der Waals surface area contributed by atoms with Gasteiger partial charge in [0.15, 0.2) is 5.11 Å². The van der Waals surface area contributed by atoms with E-state index in [1.165, 1.54) is 0 Å².